The number of rotatable bonds is 2. The Hall–Kier alpha value is -3.78. The molecule has 1 aliphatic rings. The van der Waals surface area contributed by atoms with Gasteiger partial charge in [0.15, 0.2) is 0 Å². The Morgan fingerprint density at radius 3 is 2.57 bits per heavy atom. The zero-order valence-electron chi connectivity index (χ0n) is 19.5. The Labute approximate surface area is 204 Å². The molecule has 1 aliphatic heterocycles. The van der Waals surface area contributed by atoms with Crippen LogP contribution in [0, 0.1) is 5.82 Å². The molecular weight excluding hydrogens is 447 g/mol. The van der Waals surface area contributed by atoms with Crippen LogP contribution in [0.5, 0.6) is 5.75 Å². The number of hydrogen-bond donors (Lipinski definition) is 3. The summed E-state index contributed by atoms with van der Waals surface area (Å²) in [6, 6.07) is 13.0. The molecule has 3 N–H and O–H groups in total. The van der Waals surface area contributed by atoms with Gasteiger partial charge in [-0.25, -0.2) is 4.39 Å². The van der Waals surface area contributed by atoms with Gasteiger partial charge in [0.2, 0.25) is 5.91 Å². The fraction of sp³-hybridized carbons (Fsp3) is 0.296. The van der Waals surface area contributed by atoms with E-state index in [4.69, 9.17) is 0 Å². The van der Waals surface area contributed by atoms with E-state index in [9.17, 15) is 19.1 Å². The van der Waals surface area contributed by atoms with E-state index in [1.807, 2.05) is 12.1 Å². The van der Waals surface area contributed by atoms with Crippen molar-refractivity contribution in [2.24, 2.45) is 0 Å². The van der Waals surface area contributed by atoms with E-state index < -0.39 is 5.82 Å². The second-order valence-electron chi connectivity index (χ2n) is 8.64. The van der Waals surface area contributed by atoms with Gasteiger partial charge in [0, 0.05) is 61.7 Å². The van der Waals surface area contributed by atoms with Crippen molar-refractivity contribution in [1.82, 2.24) is 20.5 Å². The topological polar surface area (TPSA) is 94.6 Å². The van der Waals surface area contributed by atoms with Gasteiger partial charge in [-0.15, -0.1) is 0 Å². The summed E-state index contributed by atoms with van der Waals surface area (Å²) in [7, 11) is 0. The summed E-state index contributed by atoms with van der Waals surface area (Å²) in [6.45, 7) is 2.80. The number of phenolic OH excluding ortho intramolecular Hbond substituents is 1. The summed E-state index contributed by atoms with van der Waals surface area (Å²) >= 11 is 0. The third-order valence-corrected chi connectivity index (χ3v) is 6.06. The highest BCUT2D eigenvalue weighted by atomic mass is 19.1. The van der Waals surface area contributed by atoms with E-state index in [0.717, 1.165) is 11.1 Å². The average molecular weight is 477 g/mol. The van der Waals surface area contributed by atoms with Crippen LogP contribution in [-0.4, -0.2) is 53.0 Å². The fourth-order valence-corrected chi connectivity index (χ4v) is 4.17. The standard InChI is InChI=1S/C27H29FN4O3/c28-24-5-4-21-17-22(24)23-16-19(3-6-25(23)33)9-12-30-26(34)2-1-14-32(15-13-31-27(21)35)18-20-7-10-29-11-8-20/h3-8,10-11,16-17,33H,1-2,9,12-15,18H2,(H,30,34)(H,31,35). The van der Waals surface area contributed by atoms with Crippen LogP contribution in [0.25, 0.3) is 11.1 Å². The van der Waals surface area contributed by atoms with E-state index >= 15 is 0 Å². The maximum absolute atomic E-state index is 14.7. The summed E-state index contributed by atoms with van der Waals surface area (Å²) in [5.74, 6) is -0.942. The summed E-state index contributed by atoms with van der Waals surface area (Å²) in [5, 5.41) is 16.2. The Balaban J connectivity index is 1.57. The maximum Gasteiger partial charge on any atom is 0.251 e. The highest BCUT2D eigenvalue weighted by Crippen LogP contribution is 2.32. The molecule has 4 rings (SSSR count). The minimum Gasteiger partial charge on any atom is -0.507 e. The van der Waals surface area contributed by atoms with Crippen molar-refractivity contribution in [2.45, 2.75) is 25.8 Å². The van der Waals surface area contributed by atoms with Crippen molar-refractivity contribution in [3.63, 3.8) is 0 Å². The molecule has 4 bridgehead atoms. The maximum atomic E-state index is 14.7. The van der Waals surface area contributed by atoms with Gasteiger partial charge in [0.05, 0.1) is 0 Å². The number of phenols is 1. The van der Waals surface area contributed by atoms with E-state index in [1.165, 1.54) is 24.3 Å². The number of carbonyl (C=O) groups is 2. The Kier molecular flexibility index (Phi) is 8.05. The molecule has 2 aromatic carbocycles. The monoisotopic (exact) mass is 476 g/mol. The number of fused-ring (bicyclic) bond motifs is 5. The minimum absolute atomic E-state index is 0.0268. The second-order valence-corrected chi connectivity index (χ2v) is 8.64. The molecule has 1 aromatic heterocycles. The van der Waals surface area contributed by atoms with Gasteiger partial charge in [-0.1, -0.05) is 6.07 Å². The van der Waals surface area contributed by atoms with Crippen molar-refractivity contribution in [1.29, 1.82) is 0 Å². The van der Waals surface area contributed by atoms with Gasteiger partial charge in [-0.2, -0.15) is 0 Å². The second kappa shape index (κ2) is 11.6. The molecule has 8 heteroatoms. The summed E-state index contributed by atoms with van der Waals surface area (Å²) in [4.78, 5) is 31.4. The van der Waals surface area contributed by atoms with Crippen LogP contribution < -0.4 is 10.6 Å². The molecule has 0 aliphatic carbocycles. The predicted octanol–water partition coefficient (Wildman–Crippen LogP) is 3.28. The predicted molar refractivity (Wildman–Crippen MR) is 131 cm³/mol. The molecule has 0 atom stereocenters. The lowest BCUT2D eigenvalue weighted by atomic mass is 9.98. The smallest absolute Gasteiger partial charge is 0.251 e. The normalized spacial score (nSPS) is 16.0. The molecule has 0 radical (unpaired) electrons. The van der Waals surface area contributed by atoms with Gasteiger partial charge in [-0.3, -0.25) is 19.5 Å². The largest absolute Gasteiger partial charge is 0.507 e. The summed E-state index contributed by atoms with van der Waals surface area (Å²) in [5.41, 5.74) is 2.73. The van der Waals surface area contributed by atoms with E-state index in [1.54, 1.807) is 24.5 Å². The molecule has 0 fully saturated rings. The lowest BCUT2D eigenvalue weighted by Crippen LogP contribution is -2.35. The Morgan fingerprint density at radius 1 is 0.914 bits per heavy atom. The molecule has 0 spiro atoms. The van der Waals surface area contributed by atoms with Crippen LogP contribution in [0.15, 0.2) is 60.9 Å². The number of halogens is 1. The number of aromatic hydroxyl groups is 1. The Bertz CT molecular complexity index is 1190. The first-order chi connectivity index (χ1) is 17.0. The number of aromatic nitrogens is 1. The number of amides is 2. The van der Waals surface area contributed by atoms with Crippen molar-refractivity contribution in [3.8, 4) is 16.9 Å². The highest BCUT2D eigenvalue weighted by molar-refractivity contribution is 5.95. The van der Waals surface area contributed by atoms with Crippen LogP contribution in [-0.2, 0) is 17.8 Å². The first kappa shape index (κ1) is 24.3. The number of pyridine rings is 1. The molecule has 2 heterocycles. The summed E-state index contributed by atoms with van der Waals surface area (Å²) < 4.78 is 14.7. The lowest BCUT2D eigenvalue weighted by molar-refractivity contribution is -0.121. The molecule has 182 valence electrons. The zero-order valence-corrected chi connectivity index (χ0v) is 19.5. The number of nitrogens with one attached hydrogen (secondary N) is 2. The summed E-state index contributed by atoms with van der Waals surface area (Å²) in [6.07, 6.45) is 5.11. The number of benzene rings is 2. The Morgan fingerprint density at radius 2 is 1.74 bits per heavy atom. The number of hydrogen-bond acceptors (Lipinski definition) is 5. The van der Waals surface area contributed by atoms with E-state index in [0.29, 0.717) is 63.1 Å². The third kappa shape index (κ3) is 6.64. The van der Waals surface area contributed by atoms with Crippen LogP contribution in [0.4, 0.5) is 4.39 Å². The SMILES string of the molecule is O=C1CCCN(Cc2ccncc2)CCNC(=O)c2ccc(F)c(c2)-c2cc(ccc2O)CCN1. The van der Waals surface area contributed by atoms with Crippen molar-refractivity contribution < 1.29 is 19.1 Å². The van der Waals surface area contributed by atoms with Crippen molar-refractivity contribution in [3.05, 3.63) is 83.4 Å². The number of carbonyl (C=O) groups excluding carboxylic acids is 2. The van der Waals surface area contributed by atoms with Crippen LogP contribution in [0.2, 0.25) is 0 Å². The van der Waals surface area contributed by atoms with Crippen molar-refractivity contribution in [2.75, 3.05) is 26.2 Å². The molecular formula is C27H29FN4O3. The quantitative estimate of drug-likeness (QED) is 0.528. The lowest BCUT2D eigenvalue weighted by Gasteiger charge is -2.22. The van der Waals surface area contributed by atoms with Gasteiger partial charge in [0.1, 0.15) is 11.6 Å². The molecule has 2 amide bonds. The molecule has 7 nitrogen and oxygen atoms in total. The van der Waals surface area contributed by atoms with Crippen molar-refractivity contribution >= 4 is 11.8 Å². The molecule has 35 heavy (non-hydrogen) atoms. The highest BCUT2D eigenvalue weighted by Gasteiger charge is 2.16. The third-order valence-electron chi connectivity index (χ3n) is 6.06. The average Bonchev–Trinajstić information content (AvgIpc) is 2.85. The van der Waals surface area contributed by atoms with E-state index in [2.05, 4.69) is 20.5 Å². The van der Waals surface area contributed by atoms with Gasteiger partial charge in [-0.05, 0) is 73.0 Å². The fourth-order valence-electron chi connectivity index (χ4n) is 4.17. The van der Waals surface area contributed by atoms with Crippen LogP contribution in [0.1, 0.15) is 34.3 Å². The van der Waals surface area contributed by atoms with Gasteiger partial charge >= 0.3 is 0 Å². The number of nitrogens with zero attached hydrogens (tertiary/aromatic N) is 2. The van der Waals surface area contributed by atoms with Gasteiger partial charge < -0.3 is 15.7 Å². The first-order valence-electron chi connectivity index (χ1n) is 11.8. The van der Waals surface area contributed by atoms with Crippen LogP contribution >= 0.6 is 0 Å². The molecule has 0 saturated heterocycles. The minimum atomic E-state index is -0.528. The van der Waals surface area contributed by atoms with Crippen LogP contribution in [0.3, 0.4) is 0 Å². The molecule has 0 saturated carbocycles. The first-order valence-corrected chi connectivity index (χ1v) is 11.8. The van der Waals surface area contributed by atoms with E-state index in [-0.39, 0.29) is 23.1 Å². The van der Waals surface area contributed by atoms with Gasteiger partial charge in [0.25, 0.3) is 5.91 Å². The molecule has 3 aromatic rings. The molecule has 0 unspecified atom stereocenters. The zero-order chi connectivity index (χ0) is 24.6.